The van der Waals surface area contributed by atoms with Gasteiger partial charge in [0.05, 0.1) is 11.3 Å². The van der Waals surface area contributed by atoms with Gasteiger partial charge in [0.2, 0.25) is 0 Å². The van der Waals surface area contributed by atoms with Gasteiger partial charge in [0, 0.05) is 16.7 Å². The Morgan fingerprint density at radius 1 is 1.33 bits per heavy atom. The van der Waals surface area contributed by atoms with Crippen molar-refractivity contribution in [1.82, 2.24) is 4.90 Å². The average molecular weight is 404 g/mol. The second-order valence-electron chi connectivity index (χ2n) is 6.08. The van der Waals surface area contributed by atoms with E-state index in [9.17, 15) is 14.7 Å². The van der Waals surface area contributed by atoms with Crippen LogP contribution in [0.2, 0.25) is 0 Å². The number of hydrogen-bond donors (Lipinski definition) is 2. The second-order valence-corrected chi connectivity index (χ2v) is 7.32. The van der Waals surface area contributed by atoms with E-state index in [1.54, 1.807) is 24.1 Å². The molecule has 0 spiro atoms. The van der Waals surface area contributed by atoms with E-state index in [1.807, 2.05) is 29.5 Å². The fourth-order valence-corrected chi connectivity index (χ4v) is 2.25. The Balaban J connectivity index is 2.96. The number of amides is 2. The van der Waals surface area contributed by atoms with Crippen molar-refractivity contribution in [2.45, 2.75) is 33.7 Å². The lowest BCUT2D eigenvalue weighted by Crippen LogP contribution is -2.45. The first-order valence-electron chi connectivity index (χ1n) is 6.60. The largest absolute Gasteiger partial charge is 0.478 e. The number of carboxylic acid groups (broad SMARTS) is 1. The molecule has 0 aliphatic heterocycles. The summed E-state index contributed by atoms with van der Waals surface area (Å²) in [7, 11) is 1.71. The molecule has 2 amide bonds. The zero-order valence-electron chi connectivity index (χ0n) is 12.9. The number of nitrogens with one attached hydrogen (secondary N) is 1. The molecule has 2 N–H and O–H groups in total. The van der Waals surface area contributed by atoms with Crippen molar-refractivity contribution in [2.75, 3.05) is 12.4 Å². The zero-order valence-corrected chi connectivity index (χ0v) is 15.1. The van der Waals surface area contributed by atoms with E-state index in [4.69, 9.17) is 0 Å². The molecule has 0 radical (unpaired) electrons. The van der Waals surface area contributed by atoms with E-state index in [1.165, 1.54) is 6.07 Å². The number of rotatable bonds is 3. The Hall–Kier alpha value is -1.31. The van der Waals surface area contributed by atoms with Crippen molar-refractivity contribution < 1.29 is 14.7 Å². The lowest BCUT2D eigenvalue weighted by atomic mass is 9.87. The van der Waals surface area contributed by atoms with Crippen LogP contribution in [-0.4, -0.2) is 35.1 Å². The zero-order chi connectivity index (χ0) is 16.4. The van der Waals surface area contributed by atoms with E-state index in [2.05, 4.69) is 26.1 Å². The molecule has 0 bridgehead atoms. The number of carbonyl (C=O) groups excluding carboxylic acids is 1. The third-order valence-corrected chi connectivity index (χ3v) is 4.28. The Morgan fingerprint density at radius 2 is 1.90 bits per heavy atom. The van der Waals surface area contributed by atoms with Gasteiger partial charge in [-0.25, -0.2) is 9.59 Å². The van der Waals surface area contributed by atoms with Crippen LogP contribution in [0.3, 0.4) is 0 Å². The molecule has 0 aliphatic carbocycles. The van der Waals surface area contributed by atoms with Gasteiger partial charge in [-0.05, 0) is 53.1 Å². The third kappa shape index (κ3) is 4.59. The van der Waals surface area contributed by atoms with Gasteiger partial charge in [0.25, 0.3) is 0 Å². The van der Waals surface area contributed by atoms with Gasteiger partial charge in [-0.1, -0.05) is 20.8 Å². The van der Waals surface area contributed by atoms with Crippen LogP contribution in [0.1, 0.15) is 38.1 Å². The lowest BCUT2D eigenvalue weighted by molar-refractivity contribution is 0.0698. The summed E-state index contributed by atoms with van der Waals surface area (Å²) in [5.74, 6) is -1.06. The Morgan fingerprint density at radius 3 is 2.38 bits per heavy atom. The first-order chi connectivity index (χ1) is 9.54. The minimum Gasteiger partial charge on any atom is -0.478 e. The number of halogens is 1. The maximum Gasteiger partial charge on any atom is 0.337 e. The highest BCUT2D eigenvalue weighted by Crippen LogP contribution is 2.24. The SMILES string of the molecule is CC(N(C)C(=O)Nc1ccc(I)cc1C(=O)O)C(C)(C)C. The molecule has 1 aromatic rings. The van der Waals surface area contributed by atoms with Crippen molar-refractivity contribution in [3.8, 4) is 0 Å². The summed E-state index contributed by atoms with van der Waals surface area (Å²) in [5.41, 5.74) is 0.335. The summed E-state index contributed by atoms with van der Waals surface area (Å²) < 4.78 is 0.805. The summed E-state index contributed by atoms with van der Waals surface area (Å²) in [6.07, 6.45) is 0. The molecular weight excluding hydrogens is 383 g/mol. The summed E-state index contributed by atoms with van der Waals surface area (Å²) in [6.45, 7) is 8.12. The van der Waals surface area contributed by atoms with Crippen LogP contribution in [0.25, 0.3) is 0 Å². The molecule has 1 rings (SSSR count). The molecule has 116 valence electrons. The van der Waals surface area contributed by atoms with Crippen LogP contribution in [0.5, 0.6) is 0 Å². The second kappa shape index (κ2) is 6.64. The van der Waals surface area contributed by atoms with Crippen LogP contribution < -0.4 is 5.32 Å². The van der Waals surface area contributed by atoms with E-state index in [0.717, 1.165) is 3.57 Å². The first-order valence-corrected chi connectivity index (χ1v) is 7.68. The molecule has 0 heterocycles. The average Bonchev–Trinajstić information content (AvgIpc) is 2.37. The van der Waals surface area contributed by atoms with Crippen LogP contribution in [0.15, 0.2) is 18.2 Å². The molecule has 21 heavy (non-hydrogen) atoms. The maximum atomic E-state index is 12.3. The van der Waals surface area contributed by atoms with Gasteiger partial charge >= 0.3 is 12.0 Å². The Labute approximate surface area is 138 Å². The molecular formula is C15H21IN2O3. The van der Waals surface area contributed by atoms with Gasteiger partial charge in [-0.3, -0.25) is 0 Å². The monoisotopic (exact) mass is 404 g/mol. The predicted octanol–water partition coefficient (Wildman–Crippen LogP) is 3.89. The maximum absolute atomic E-state index is 12.3. The van der Waals surface area contributed by atoms with Crippen molar-refractivity contribution in [2.24, 2.45) is 5.41 Å². The number of anilines is 1. The number of nitrogens with zero attached hydrogens (tertiary/aromatic N) is 1. The Bertz CT molecular complexity index is 552. The number of urea groups is 1. The highest BCUT2D eigenvalue weighted by Gasteiger charge is 2.27. The normalized spacial score (nSPS) is 12.7. The first kappa shape index (κ1) is 17.7. The van der Waals surface area contributed by atoms with Gasteiger partial charge in [-0.2, -0.15) is 0 Å². The molecule has 1 unspecified atom stereocenters. The number of carboxylic acids is 1. The molecule has 0 aliphatic rings. The highest BCUT2D eigenvalue weighted by atomic mass is 127. The predicted molar refractivity (Wildman–Crippen MR) is 91.8 cm³/mol. The molecule has 1 atom stereocenters. The van der Waals surface area contributed by atoms with Crippen molar-refractivity contribution >= 4 is 40.3 Å². The number of benzene rings is 1. The topological polar surface area (TPSA) is 69.6 Å². The van der Waals surface area contributed by atoms with E-state index >= 15 is 0 Å². The van der Waals surface area contributed by atoms with E-state index < -0.39 is 5.97 Å². The standard InChI is InChI=1S/C15H21IN2O3/c1-9(15(2,3)4)18(5)14(21)17-12-7-6-10(16)8-11(12)13(19)20/h6-9H,1-5H3,(H,17,21)(H,19,20). The van der Waals surface area contributed by atoms with Gasteiger partial charge < -0.3 is 15.3 Å². The Kier molecular flexibility index (Phi) is 5.61. The van der Waals surface area contributed by atoms with Gasteiger partial charge in [0.1, 0.15) is 0 Å². The van der Waals surface area contributed by atoms with Crippen LogP contribution in [-0.2, 0) is 0 Å². The smallest absolute Gasteiger partial charge is 0.337 e. The summed E-state index contributed by atoms with van der Waals surface area (Å²) in [6, 6.07) is 4.59. The molecule has 0 saturated heterocycles. The van der Waals surface area contributed by atoms with Crippen LogP contribution in [0.4, 0.5) is 10.5 Å². The quantitative estimate of drug-likeness (QED) is 0.752. The minimum absolute atomic E-state index is 0.00891. The fourth-order valence-electron chi connectivity index (χ4n) is 1.76. The van der Waals surface area contributed by atoms with E-state index in [-0.39, 0.29) is 23.1 Å². The summed E-state index contributed by atoms with van der Waals surface area (Å²) >= 11 is 2.04. The third-order valence-electron chi connectivity index (χ3n) is 3.61. The molecule has 1 aromatic carbocycles. The van der Waals surface area contributed by atoms with Crippen molar-refractivity contribution in [1.29, 1.82) is 0 Å². The summed E-state index contributed by atoms with van der Waals surface area (Å²) in [5, 5.41) is 11.9. The molecule has 5 nitrogen and oxygen atoms in total. The summed E-state index contributed by atoms with van der Waals surface area (Å²) in [4.78, 5) is 25.1. The molecule has 0 saturated carbocycles. The fraction of sp³-hybridized carbons (Fsp3) is 0.467. The van der Waals surface area contributed by atoms with Crippen molar-refractivity contribution in [3.63, 3.8) is 0 Å². The van der Waals surface area contributed by atoms with E-state index in [0.29, 0.717) is 5.69 Å². The molecule has 0 fully saturated rings. The van der Waals surface area contributed by atoms with Crippen LogP contribution in [0, 0.1) is 8.99 Å². The lowest BCUT2D eigenvalue weighted by Gasteiger charge is -2.35. The van der Waals surface area contributed by atoms with Gasteiger partial charge in [0.15, 0.2) is 0 Å². The molecule has 0 aromatic heterocycles. The number of hydrogen-bond acceptors (Lipinski definition) is 2. The number of carbonyl (C=O) groups is 2. The van der Waals surface area contributed by atoms with Crippen molar-refractivity contribution in [3.05, 3.63) is 27.3 Å². The van der Waals surface area contributed by atoms with Gasteiger partial charge in [-0.15, -0.1) is 0 Å². The minimum atomic E-state index is -1.06. The van der Waals surface area contributed by atoms with Crippen LogP contribution >= 0.6 is 22.6 Å². The highest BCUT2D eigenvalue weighted by molar-refractivity contribution is 14.1. The molecule has 6 heteroatoms. The number of aromatic carboxylic acids is 1.